The second-order valence-electron chi connectivity index (χ2n) is 4.96. The van der Waals surface area contributed by atoms with E-state index in [0.717, 1.165) is 6.42 Å². The molecule has 0 N–H and O–H groups in total. The van der Waals surface area contributed by atoms with Gasteiger partial charge in [-0.1, -0.05) is 6.92 Å². The molecule has 0 atom stereocenters. The molecule has 0 aromatic carbocycles. The van der Waals surface area contributed by atoms with Crippen LogP contribution in [0.25, 0.3) is 0 Å². The summed E-state index contributed by atoms with van der Waals surface area (Å²) in [6.07, 6.45) is 0.907. The molecule has 0 bridgehead atoms. The summed E-state index contributed by atoms with van der Waals surface area (Å²) in [6.45, 7) is 14.0. The lowest BCUT2D eigenvalue weighted by molar-refractivity contribution is 0.0295. The molecule has 1 rings (SSSR count). The number of hydrogen-bond acceptors (Lipinski definition) is 5. The van der Waals surface area contributed by atoms with Gasteiger partial charge in [-0.15, -0.1) is 0 Å². The zero-order chi connectivity index (χ0) is 14.0. The van der Waals surface area contributed by atoms with Gasteiger partial charge in [0.25, 0.3) is 0 Å². The predicted molar refractivity (Wildman–Crippen MR) is 76.3 cm³/mol. The van der Waals surface area contributed by atoms with E-state index in [-0.39, 0.29) is 5.60 Å². The lowest BCUT2D eigenvalue weighted by Gasteiger charge is -2.39. The maximum Gasteiger partial charge on any atom is 0.480 e. The molecule has 1 saturated heterocycles. The smallest absolute Gasteiger partial charge is 0.414 e. The van der Waals surface area contributed by atoms with Crippen molar-refractivity contribution in [1.82, 2.24) is 0 Å². The van der Waals surface area contributed by atoms with E-state index < -0.39 is 36.7 Å². The highest BCUT2D eigenvalue weighted by Gasteiger charge is 2.46. The Balaban J connectivity index is 2.77. The largest absolute Gasteiger partial charge is 0.480 e. The summed E-state index contributed by atoms with van der Waals surface area (Å²) in [6, 6.07) is 0. The van der Waals surface area contributed by atoms with Crippen LogP contribution in [0.1, 0.15) is 27.2 Å². The van der Waals surface area contributed by atoms with E-state index in [1.807, 2.05) is 26.2 Å². The normalized spacial score (nSPS) is 24.8. The molecule has 0 saturated carbocycles. The first-order valence-corrected chi connectivity index (χ1v) is 13.8. The van der Waals surface area contributed by atoms with Crippen LogP contribution in [-0.4, -0.2) is 42.3 Å². The molecular formula is C9H23O5Si4. The third kappa shape index (κ3) is 5.34. The molecule has 105 valence electrons. The Labute approximate surface area is 117 Å². The highest BCUT2D eigenvalue weighted by Crippen LogP contribution is 2.25. The summed E-state index contributed by atoms with van der Waals surface area (Å²) in [5, 5.41) is 0. The summed E-state index contributed by atoms with van der Waals surface area (Å²) >= 11 is 0. The van der Waals surface area contributed by atoms with Crippen molar-refractivity contribution in [2.24, 2.45) is 0 Å². The van der Waals surface area contributed by atoms with Gasteiger partial charge in [0, 0.05) is 6.55 Å². The maximum absolute atomic E-state index is 6.12. The Morgan fingerprint density at radius 3 is 1.83 bits per heavy atom. The van der Waals surface area contributed by atoms with Crippen LogP contribution in [-0.2, 0) is 20.9 Å². The first-order chi connectivity index (χ1) is 8.16. The molecule has 0 aromatic rings. The van der Waals surface area contributed by atoms with Crippen molar-refractivity contribution in [3.63, 3.8) is 0 Å². The van der Waals surface area contributed by atoms with Gasteiger partial charge in [-0.3, -0.25) is 0 Å². The van der Waals surface area contributed by atoms with Crippen molar-refractivity contribution in [3.8, 4) is 0 Å². The fourth-order valence-corrected chi connectivity index (χ4v) is 12.7. The summed E-state index contributed by atoms with van der Waals surface area (Å²) in [4.78, 5) is 0. The number of rotatable bonds is 3. The van der Waals surface area contributed by atoms with E-state index in [4.69, 9.17) is 20.9 Å². The van der Waals surface area contributed by atoms with Gasteiger partial charge in [0.2, 0.25) is 0 Å². The highest BCUT2D eigenvalue weighted by molar-refractivity contribution is 6.77. The molecule has 1 fully saturated rings. The third-order valence-electron chi connectivity index (χ3n) is 2.55. The molecule has 0 amide bonds. The van der Waals surface area contributed by atoms with Crippen LogP contribution in [0.2, 0.25) is 26.2 Å². The Morgan fingerprint density at radius 1 is 1.00 bits per heavy atom. The Kier molecular flexibility index (Phi) is 5.96. The second-order valence-corrected chi connectivity index (χ2v) is 13.1. The van der Waals surface area contributed by atoms with Gasteiger partial charge in [0.1, 0.15) is 0 Å². The van der Waals surface area contributed by atoms with Gasteiger partial charge in [-0.2, -0.15) is 0 Å². The first-order valence-electron chi connectivity index (χ1n) is 6.10. The molecule has 18 heavy (non-hydrogen) atoms. The van der Waals surface area contributed by atoms with Crippen LogP contribution in [0, 0.1) is 0 Å². The van der Waals surface area contributed by atoms with Gasteiger partial charge in [0.05, 0.1) is 5.60 Å². The fraction of sp³-hybridized carbons (Fsp3) is 1.00. The minimum absolute atomic E-state index is 0.246. The Bertz CT molecular complexity index is 264. The van der Waals surface area contributed by atoms with Crippen LogP contribution >= 0.6 is 0 Å². The van der Waals surface area contributed by atoms with Crippen molar-refractivity contribution in [2.45, 2.75) is 59.0 Å². The summed E-state index contributed by atoms with van der Waals surface area (Å²) in [5.74, 6) is 0. The quantitative estimate of drug-likeness (QED) is 0.745. The standard InChI is InChI=1S/C9H23O5Si4/c1-8-9(2,3)10-18(7)13-16(5)11-15(4)12-17(6)14-18/h8H2,1-7H3. The minimum atomic E-state index is -2.67. The first kappa shape index (κ1) is 16.7. The van der Waals surface area contributed by atoms with Gasteiger partial charge >= 0.3 is 36.7 Å². The van der Waals surface area contributed by atoms with Crippen molar-refractivity contribution in [1.29, 1.82) is 0 Å². The fourth-order valence-electron chi connectivity index (χ4n) is 1.63. The van der Waals surface area contributed by atoms with E-state index in [0.29, 0.717) is 0 Å². The van der Waals surface area contributed by atoms with Crippen LogP contribution in [0.3, 0.4) is 0 Å². The molecule has 0 aliphatic carbocycles. The zero-order valence-corrected chi connectivity index (χ0v) is 16.2. The van der Waals surface area contributed by atoms with Crippen LogP contribution in [0.5, 0.6) is 0 Å². The van der Waals surface area contributed by atoms with Crippen LogP contribution in [0.4, 0.5) is 0 Å². The molecular weight excluding hydrogens is 300 g/mol. The average Bonchev–Trinajstić information content (AvgIpc) is 2.12. The number of hydrogen-bond donors (Lipinski definition) is 0. The van der Waals surface area contributed by atoms with E-state index in [2.05, 4.69) is 20.8 Å². The molecule has 1 aliphatic heterocycles. The summed E-state index contributed by atoms with van der Waals surface area (Å²) in [5.41, 5.74) is -0.246. The van der Waals surface area contributed by atoms with Gasteiger partial charge in [-0.25, -0.2) is 0 Å². The minimum Gasteiger partial charge on any atom is -0.414 e. The van der Waals surface area contributed by atoms with Crippen molar-refractivity contribution in [3.05, 3.63) is 0 Å². The molecule has 1 aliphatic rings. The SMILES string of the molecule is CCC(C)(C)O[Si]1(C)O[Si](C)O[Si](C)O[Si](C)O1. The lowest BCUT2D eigenvalue weighted by atomic mass is 10.1. The lowest BCUT2D eigenvalue weighted by Crippen LogP contribution is -2.57. The van der Waals surface area contributed by atoms with E-state index in [1.165, 1.54) is 0 Å². The average molecular weight is 324 g/mol. The van der Waals surface area contributed by atoms with Crippen LogP contribution < -0.4 is 0 Å². The Hall–Kier alpha value is 0.668. The van der Waals surface area contributed by atoms with Crippen molar-refractivity contribution in [2.75, 3.05) is 0 Å². The third-order valence-corrected chi connectivity index (χ3v) is 13.3. The molecule has 0 spiro atoms. The molecule has 5 nitrogen and oxygen atoms in total. The molecule has 0 aromatic heterocycles. The van der Waals surface area contributed by atoms with Gasteiger partial charge in [-0.05, 0) is 39.9 Å². The molecule has 3 radical (unpaired) electrons. The van der Waals surface area contributed by atoms with Crippen LogP contribution in [0.15, 0.2) is 0 Å². The maximum atomic E-state index is 6.12. The zero-order valence-electron chi connectivity index (χ0n) is 12.2. The van der Waals surface area contributed by atoms with E-state index in [1.54, 1.807) is 0 Å². The molecule has 9 heteroatoms. The second kappa shape index (κ2) is 6.41. The molecule has 0 unspecified atom stereocenters. The van der Waals surface area contributed by atoms with E-state index >= 15 is 0 Å². The topological polar surface area (TPSA) is 46.2 Å². The predicted octanol–water partition coefficient (Wildman–Crippen LogP) is 2.19. The van der Waals surface area contributed by atoms with Crippen molar-refractivity contribution < 1.29 is 20.9 Å². The highest BCUT2D eigenvalue weighted by atomic mass is 28.5. The van der Waals surface area contributed by atoms with Gasteiger partial charge < -0.3 is 20.9 Å². The van der Waals surface area contributed by atoms with E-state index in [9.17, 15) is 0 Å². The monoisotopic (exact) mass is 323 g/mol. The summed E-state index contributed by atoms with van der Waals surface area (Å²) < 4.78 is 29.7. The van der Waals surface area contributed by atoms with Gasteiger partial charge in [0.15, 0.2) is 0 Å². The molecule has 1 heterocycles. The summed E-state index contributed by atoms with van der Waals surface area (Å²) in [7, 11) is -6.64. The Morgan fingerprint density at radius 2 is 1.44 bits per heavy atom. The van der Waals surface area contributed by atoms with Crippen molar-refractivity contribution >= 4 is 36.7 Å².